The van der Waals surface area contributed by atoms with Crippen LogP contribution in [0, 0.1) is 19.8 Å². The maximum Gasteiger partial charge on any atom is 0.227 e. The van der Waals surface area contributed by atoms with E-state index >= 15 is 0 Å². The zero-order chi connectivity index (χ0) is 18.7. The van der Waals surface area contributed by atoms with Gasteiger partial charge in [0.05, 0.1) is 5.92 Å². The number of anilines is 1. The Kier molecular flexibility index (Phi) is 5.40. The fraction of sp³-hybridized carbons (Fsp3) is 0.364. The van der Waals surface area contributed by atoms with E-state index in [1.807, 2.05) is 24.3 Å². The molecule has 1 unspecified atom stereocenters. The van der Waals surface area contributed by atoms with E-state index in [0.717, 1.165) is 23.2 Å². The molecule has 4 nitrogen and oxygen atoms in total. The molecule has 1 atom stereocenters. The highest BCUT2D eigenvalue weighted by Crippen LogP contribution is 2.28. The summed E-state index contributed by atoms with van der Waals surface area (Å²) in [5.74, 6) is -0.314. The minimum atomic E-state index is -0.293. The van der Waals surface area contributed by atoms with Crippen LogP contribution in [0.4, 0.5) is 5.69 Å². The molecule has 1 fully saturated rings. The van der Waals surface area contributed by atoms with E-state index in [1.54, 1.807) is 4.90 Å². The van der Waals surface area contributed by atoms with Crippen molar-refractivity contribution in [3.63, 3.8) is 0 Å². The quantitative estimate of drug-likeness (QED) is 0.897. The first-order valence-corrected chi connectivity index (χ1v) is 9.21. The topological polar surface area (TPSA) is 49.4 Å². The molecule has 0 spiro atoms. The van der Waals surface area contributed by atoms with E-state index in [2.05, 4.69) is 44.3 Å². The van der Waals surface area contributed by atoms with Crippen LogP contribution in [0.25, 0.3) is 0 Å². The molecule has 26 heavy (non-hydrogen) atoms. The summed E-state index contributed by atoms with van der Waals surface area (Å²) in [6.45, 7) is 7.14. The SMILES string of the molecule is CCc1ccccc1N1CC(C(=O)NCc2ccc(C)cc2C)CC1=O. The number of hydrogen-bond donors (Lipinski definition) is 1. The Morgan fingerprint density at radius 1 is 1.15 bits per heavy atom. The molecule has 1 N–H and O–H groups in total. The number of carbonyl (C=O) groups excluding carboxylic acids is 2. The van der Waals surface area contributed by atoms with Crippen molar-refractivity contribution in [2.45, 2.75) is 40.2 Å². The lowest BCUT2D eigenvalue weighted by Gasteiger charge is -2.20. The van der Waals surface area contributed by atoms with Crippen LogP contribution in [-0.2, 0) is 22.6 Å². The molecule has 0 aromatic heterocycles. The second-order valence-corrected chi connectivity index (χ2v) is 7.04. The first-order chi connectivity index (χ1) is 12.5. The summed E-state index contributed by atoms with van der Waals surface area (Å²) in [6.07, 6.45) is 1.14. The van der Waals surface area contributed by atoms with E-state index in [-0.39, 0.29) is 24.2 Å². The van der Waals surface area contributed by atoms with Crippen LogP contribution in [0.2, 0.25) is 0 Å². The number of carbonyl (C=O) groups is 2. The first kappa shape index (κ1) is 18.2. The number of amides is 2. The zero-order valence-corrected chi connectivity index (χ0v) is 15.7. The van der Waals surface area contributed by atoms with Crippen LogP contribution in [0.1, 0.15) is 35.6 Å². The summed E-state index contributed by atoms with van der Waals surface area (Å²) >= 11 is 0. The second kappa shape index (κ2) is 7.73. The Labute approximate surface area is 155 Å². The highest BCUT2D eigenvalue weighted by Gasteiger charge is 2.35. The number of nitrogens with zero attached hydrogens (tertiary/aromatic N) is 1. The molecular formula is C22H26N2O2. The third kappa shape index (κ3) is 3.79. The van der Waals surface area contributed by atoms with Crippen molar-refractivity contribution < 1.29 is 9.59 Å². The molecule has 1 heterocycles. The maximum atomic E-state index is 12.6. The van der Waals surface area contributed by atoms with Crippen LogP contribution >= 0.6 is 0 Å². The van der Waals surface area contributed by atoms with Gasteiger partial charge in [-0.05, 0) is 43.0 Å². The summed E-state index contributed by atoms with van der Waals surface area (Å²) in [6, 6.07) is 14.1. The van der Waals surface area contributed by atoms with Crippen molar-refractivity contribution in [3.05, 3.63) is 64.7 Å². The van der Waals surface area contributed by atoms with Gasteiger partial charge in [-0.3, -0.25) is 9.59 Å². The largest absolute Gasteiger partial charge is 0.352 e. The average molecular weight is 350 g/mol. The molecular weight excluding hydrogens is 324 g/mol. The molecule has 3 rings (SSSR count). The number of benzene rings is 2. The van der Waals surface area contributed by atoms with Crippen molar-refractivity contribution in [1.29, 1.82) is 0 Å². The number of para-hydroxylation sites is 1. The lowest BCUT2D eigenvalue weighted by molar-refractivity contribution is -0.126. The van der Waals surface area contributed by atoms with Crippen molar-refractivity contribution in [1.82, 2.24) is 5.32 Å². The fourth-order valence-corrected chi connectivity index (χ4v) is 3.56. The Bertz CT molecular complexity index is 829. The third-order valence-corrected chi connectivity index (χ3v) is 5.11. The van der Waals surface area contributed by atoms with E-state index < -0.39 is 0 Å². The predicted octanol–water partition coefficient (Wildman–Crippen LogP) is 3.54. The van der Waals surface area contributed by atoms with Gasteiger partial charge in [-0.15, -0.1) is 0 Å². The van der Waals surface area contributed by atoms with E-state index in [4.69, 9.17) is 0 Å². The maximum absolute atomic E-state index is 12.6. The van der Waals surface area contributed by atoms with Gasteiger partial charge < -0.3 is 10.2 Å². The Morgan fingerprint density at radius 2 is 1.92 bits per heavy atom. The molecule has 1 aliphatic rings. The van der Waals surface area contributed by atoms with Gasteiger partial charge in [-0.25, -0.2) is 0 Å². The van der Waals surface area contributed by atoms with Gasteiger partial charge in [0.15, 0.2) is 0 Å². The summed E-state index contributed by atoms with van der Waals surface area (Å²) in [4.78, 5) is 26.8. The van der Waals surface area contributed by atoms with Gasteiger partial charge in [0.25, 0.3) is 0 Å². The third-order valence-electron chi connectivity index (χ3n) is 5.11. The van der Waals surface area contributed by atoms with Crippen LogP contribution < -0.4 is 10.2 Å². The molecule has 2 amide bonds. The number of rotatable bonds is 5. The minimum absolute atomic E-state index is 0.0255. The van der Waals surface area contributed by atoms with Crippen LogP contribution in [0.3, 0.4) is 0 Å². The minimum Gasteiger partial charge on any atom is -0.352 e. The van der Waals surface area contributed by atoms with Crippen molar-refractivity contribution >= 4 is 17.5 Å². The molecule has 2 aromatic rings. The van der Waals surface area contributed by atoms with E-state index in [1.165, 1.54) is 11.1 Å². The molecule has 136 valence electrons. The Morgan fingerprint density at radius 3 is 2.65 bits per heavy atom. The average Bonchev–Trinajstić information content (AvgIpc) is 3.02. The number of aryl methyl sites for hydroxylation is 3. The van der Waals surface area contributed by atoms with Crippen LogP contribution in [0.5, 0.6) is 0 Å². The number of nitrogens with one attached hydrogen (secondary N) is 1. The monoisotopic (exact) mass is 350 g/mol. The molecule has 0 aliphatic carbocycles. The standard InChI is InChI=1S/C22H26N2O2/c1-4-17-7-5-6-8-20(17)24-14-19(12-21(24)25)22(26)23-13-18-10-9-15(2)11-16(18)3/h5-11,19H,4,12-14H2,1-3H3,(H,23,26). The molecule has 1 saturated heterocycles. The van der Waals surface area contributed by atoms with E-state index in [0.29, 0.717) is 13.1 Å². The summed E-state index contributed by atoms with van der Waals surface area (Å²) in [5, 5.41) is 3.00. The van der Waals surface area contributed by atoms with E-state index in [9.17, 15) is 9.59 Å². The zero-order valence-electron chi connectivity index (χ0n) is 15.7. The van der Waals surface area contributed by atoms with Gasteiger partial charge in [0, 0.05) is 25.2 Å². The second-order valence-electron chi connectivity index (χ2n) is 7.04. The first-order valence-electron chi connectivity index (χ1n) is 9.21. The van der Waals surface area contributed by atoms with Gasteiger partial charge in [-0.2, -0.15) is 0 Å². The molecule has 0 bridgehead atoms. The summed E-state index contributed by atoms with van der Waals surface area (Å²) in [5.41, 5.74) is 5.57. The highest BCUT2D eigenvalue weighted by molar-refractivity contribution is 6.00. The summed E-state index contributed by atoms with van der Waals surface area (Å²) < 4.78 is 0. The highest BCUT2D eigenvalue weighted by atomic mass is 16.2. The van der Waals surface area contributed by atoms with Crippen molar-refractivity contribution in [3.8, 4) is 0 Å². The van der Waals surface area contributed by atoms with Crippen molar-refractivity contribution in [2.75, 3.05) is 11.4 Å². The van der Waals surface area contributed by atoms with Crippen LogP contribution in [0.15, 0.2) is 42.5 Å². The molecule has 1 aliphatic heterocycles. The summed E-state index contributed by atoms with van der Waals surface area (Å²) in [7, 11) is 0. The van der Waals surface area contributed by atoms with Gasteiger partial charge in [-0.1, -0.05) is 48.9 Å². The van der Waals surface area contributed by atoms with Crippen molar-refractivity contribution in [2.24, 2.45) is 5.92 Å². The van der Waals surface area contributed by atoms with Crippen LogP contribution in [-0.4, -0.2) is 18.4 Å². The Hall–Kier alpha value is -2.62. The lowest BCUT2D eigenvalue weighted by atomic mass is 10.0. The fourth-order valence-electron chi connectivity index (χ4n) is 3.56. The number of hydrogen-bond acceptors (Lipinski definition) is 2. The predicted molar refractivity (Wildman–Crippen MR) is 104 cm³/mol. The smallest absolute Gasteiger partial charge is 0.227 e. The van der Waals surface area contributed by atoms with Gasteiger partial charge in [0.2, 0.25) is 11.8 Å². The van der Waals surface area contributed by atoms with Gasteiger partial charge in [0.1, 0.15) is 0 Å². The molecule has 4 heteroatoms. The lowest BCUT2D eigenvalue weighted by Crippen LogP contribution is -2.33. The normalized spacial score (nSPS) is 16.8. The van der Waals surface area contributed by atoms with Gasteiger partial charge >= 0.3 is 0 Å². The molecule has 0 saturated carbocycles. The molecule has 2 aromatic carbocycles. The Balaban J connectivity index is 1.65. The molecule has 0 radical (unpaired) electrons.